The maximum atomic E-state index is 13.6. The first-order valence-corrected chi connectivity index (χ1v) is 14.1. The van der Waals surface area contributed by atoms with Gasteiger partial charge in [-0.05, 0) is 96.2 Å². The molecule has 0 heterocycles. The van der Waals surface area contributed by atoms with Crippen molar-refractivity contribution in [2.45, 2.75) is 90.9 Å². The molecule has 0 fully saturated rings. The minimum Gasteiger partial charge on any atom is -0.289 e. The van der Waals surface area contributed by atoms with Crippen LogP contribution in [-0.4, -0.2) is 11.6 Å². The second-order valence-electron chi connectivity index (χ2n) is 10.8. The number of carbonyl (C=O) groups is 2. The summed E-state index contributed by atoms with van der Waals surface area (Å²) >= 11 is 0. The van der Waals surface area contributed by atoms with Crippen LogP contribution < -0.4 is 0 Å². The van der Waals surface area contributed by atoms with Crippen molar-refractivity contribution in [3.05, 3.63) is 104 Å². The fraction of sp³-hybridized carbons (Fsp3) is 0.412. The van der Waals surface area contributed by atoms with E-state index in [0.29, 0.717) is 0 Å². The summed E-state index contributed by atoms with van der Waals surface area (Å²) in [6, 6.07) is 16.9. The lowest BCUT2D eigenvalue weighted by Crippen LogP contribution is -2.21. The molecule has 2 aliphatic carbocycles. The molecule has 0 radical (unpaired) electrons. The molecule has 3 aromatic carbocycles. The minimum atomic E-state index is 0.116. The Hall–Kier alpha value is -3.00. The number of hydrogen-bond acceptors (Lipinski definition) is 2. The van der Waals surface area contributed by atoms with Crippen LogP contribution in [-0.2, 0) is 25.7 Å². The summed E-state index contributed by atoms with van der Waals surface area (Å²) in [5, 5.41) is 0. The summed E-state index contributed by atoms with van der Waals surface area (Å²) in [6.07, 6.45) is 13.3. The Bertz CT molecular complexity index is 1200. The lowest BCUT2D eigenvalue weighted by molar-refractivity contribution is 0.102. The molecule has 0 saturated heterocycles. The number of unbranched alkanes of at least 4 members (excludes halogenated alkanes) is 6. The average molecular weight is 479 g/mol. The van der Waals surface area contributed by atoms with Crippen LogP contribution in [0.3, 0.4) is 0 Å². The maximum absolute atomic E-state index is 13.6. The van der Waals surface area contributed by atoms with E-state index < -0.39 is 0 Å². The Kier molecular flexibility index (Phi) is 7.51. The van der Waals surface area contributed by atoms with E-state index in [-0.39, 0.29) is 11.6 Å². The predicted molar refractivity (Wildman–Crippen MR) is 147 cm³/mol. The Balaban J connectivity index is 1.38. The van der Waals surface area contributed by atoms with Crippen molar-refractivity contribution in [2.24, 2.45) is 0 Å². The number of benzene rings is 3. The molecule has 0 aromatic heterocycles. The molecule has 0 spiro atoms. The standard InChI is InChI=1S/C34H38O2/c1-3-5-7-9-11-23-13-15-25-19-27-22-32-28(21-31(27)33(35)29(25)17-23)20-26-16-14-24(12-10-8-6-4-2)18-30(26)34(32)36/h13-18,21-22H,3-12,19-20H2,1-2H3. The minimum absolute atomic E-state index is 0.116. The normalized spacial score (nSPS) is 13.7. The molecule has 3 aromatic rings. The number of hydrogen-bond donors (Lipinski definition) is 0. The van der Waals surface area contributed by atoms with Crippen molar-refractivity contribution >= 4 is 11.6 Å². The summed E-state index contributed by atoms with van der Waals surface area (Å²) in [5.41, 5.74) is 9.95. The summed E-state index contributed by atoms with van der Waals surface area (Å²) in [5.74, 6) is 0.232. The number of carbonyl (C=O) groups excluding carboxylic acids is 2. The third-order valence-electron chi connectivity index (χ3n) is 8.06. The summed E-state index contributed by atoms with van der Waals surface area (Å²) in [4.78, 5) is 27.1. The molecule has 2 heteroatoms. The van der Waals surface area contributed by atoms with E-state index >= 15 is 0 Å². The van der Waals surface area contributed by atoms with E-state index in [9.17, 15) is 9.59 Å². The molecule has 5 rings (SSSR count). The zero-order chi connectivity index (χ0) is 25.1. The van der Waals surface area contributed by atoms with E-state index in [0.717, 1.165) is 70.2 Å². The van der Waals surface area contributed by atoms with E-state index in [2.05, 4.69) is 50.2 Å². The van der Waals surface area contributed by atoms with Gasteiger partial charge in [-0.1, -0.05) is 76.6 Å². The molecule has 0 saturated carbocycles. The van der Waals surface area contributed by atoms with Gasteiger partial charge < -0.3 is 0 Å². The highest BCUT2D eigenvalue weighted by Gasteiger charge is 2.29. The Morgan fingerprint density at radius 1 is 0.500 bits per heavy atom. The zero-order valence-electron chi connectivity index (χ0n) is 21.9. The smallest absolute Gasteiger partial charge is 0.193 e. The van der Waals surface area contributed by atoms with Gasteiger partial charge in [0.05, 0.1) is 0 Å². The van der Waals surface area contributed by atoms with Crippen molar-refractivity contribution in [3.63, 3.8) is 0 Å². The molecular weight excluding hydrogens is 440 g/mol. The van der Waals surface area contributed by atoms with Gasteiger partial charge in [0, 0.05) is 22.3 Å². The van der Waals surface area contributed by atoms with Gasteiger partial charge in [-0.3, -0.25) is 9.59 Å². The van der Waals surface area contributed by atoms with Crippen molar-refractivity contribution in [1.82, 2.24) is 0 Å². The average Bonchev–Trinajstić information content (AvgIpc) is 2.89. The van der Waals surface area contributed by atoms with Crippen LogP contribution in [0.4, 0.5) is 0 Å². The number of aryl methyl sites for hydroxylation is 2. The molecule has 2 aliphatic rings. The van der Waals surface area contributed by atoms with Crippen LogP contribution >= 0.6 is 0 Å². The fourth-order valence-corrected chi connectivity index (χ4v) is 5.91. The van der Waals surface area contributed by atoms with Crippen LogP contribution in [0.1, 0.15) is 130 Å². The van der Waals surface area contributed by atoms with Gasteiger partial charge in [0.25, 0.3) is 0 Å². The Morgan fingerprint density at radius 3 is 1.33 bits per heavy atom. The first kappa shape index (κ1) is 24.7. The van der Waals surface area contributed by atoms with Gasteiger partial charge in [0.1, 0.15) is 0 Å². The Labute approximate surface area is 216 Å². The number of ketones is 2. The van der Waals surface area contributed by atoms with Gasteiger partial charge in [0.15, 0.2) is 11.6 Å². The van der Waals surface area contributed by atoms with Crippen LogP contribution in [0.25, 0.3) is 0 Å². The molecule has 0 bridgehead atoms. The quantitative estimate of drug-likeness (QED) is 0.190. The van der Waals surface area contributed by atoms with Crippen LogP contribution in [0.5, 0.6) is 0 Å². The molecular formula is C34H38O2. The van der Waals surface area contributed by atoms with Gasteiger partial charge in [-0.2, -0.15) is 0 Å². The Morgan fingerprint density at radius 2 is 0.917 bits per heavy atom. The monoisotopic (exact) mass is 478 g/mol. The van der Waals surface area contributed by atoms with Gasteiger partial charge in [0.2, 0.25) is 0 Å². The molecule has 0 amide bonds. The highest BCUT2D eigenvalue weighted by atomic mass is 16.1. The van der Waals surface area contributed by atoms with Crippen LogP contribution in [0.15, 0.2) is 48.5 Å². The lowest BCUT2D eigenvalue weighted by Gasteiger charge is -2.25. The van der Waals surface area contributed by atoms with Crippen molar-refractivity contribution in [1.29, 1.82) is 0 Å². The second-order valence-corrected chi connectivity index (χ2v) is 10.8. The summed E-state index contributed by atoms with van der Waals surface area (Å²) < 4.78 is 0. The summed E-state index contributed by atoms with van der Waals surface area (Å²) in [7, 11) is 0. The highest BCUT2D eigenvalue weighted by molar-refractivity contribution is 6.16. The van der Waals surface area contributed by atoms with Crippen molar-refractivity contribution in [3.8, 4) is 0 Å². The highest BCUT2D eigenvalue weighted by Crippen LogP contribution is 2.35. The van der Waals surface area contributed by atoms with Crippen molar-refractivity contribution < 1.29 is 9.59 Å². The fourth-order valence-electron chi connectivity index (χ4n) is 5.91. The SMILES string of the molecule is CCCCCCc1ccc2c(c1)C(=O)c1cc3c(cc1C2)C(=O)c1cc(CCCCCC)ccc1C3. The maximum Gasteiger partial charge on any atom is 0.193 e. The van der Waals surface area contributed by atoms with Gasteiger partial charge in [-0.15, -0.1) is 0 Å². The van der Waals surface area contributed by atoms with E-state index in [4.69, 9.17) is 0 Å². The third-order valence-corrected chi connectivity index (χ3v) is 8.06. The number of fused-ring (bicyclic) bond motifs is 4. The first-order chi connectivity index (χ1) is 17.6. The van der Waals surface area contributed by atoms with Gasteiger partial charge >= 0.3 is 0 Å². The first-order valence-electron chi connectivity index (χ1n) is 14.1. The molecule has 186 valence electrons. The second kappa shape index (κ2) is 10.9. The largest absolute Gasteiger partial charge is 0.289 e. The van der Waals surface area contributed by atoms with E-state index in [1.807, 2.05) is 12.1 Å². The molecule has 0 aliphatic heterocycles. The van der Waals surface area contributed by atoms with Crippen molar-refractivity contribution in [2.75, 3.05) is 0 Å². The topological polar surface area (TPSA) is 34.1 Å². The molecule has 0 unspecified atom stereocenters. The van der Waals surface area contributed by atoms with E-state index in [1.54, 1.807) is 0 Å². The predicted octanol–water partition coefficient (Wildman–Crippen LogP) is 8.20. The molecule has 36 heavy (non-hydrogen) atoms. The van der Waals surface area contributed by atoms with Gasteiger partial charge in [-0.25, -0.2) is 0 Å². The molecule has 2 nitrogen and oxygen atoms in total. The van der Waals surface area contributed by atoms with Crippen LogP contribution in [0, 0.1) is 0 Å². The molecule has 0 N–H and O–H groups in total. The number of rotatable bonds is 10. The third kappa shape index (κ3) is 4.96. The zero-order valence-corrected chi connectivity index (χ0v) is 21.9. The summed E-state index contributed by atoms with van der Waals surface area (Å²) in [6.45, 7) is 4.46. The molecule has 0 atom stereocenters. The lowest BCUT2D eigenvalue weighted by atomic mass is 9.77. The van der Waals surface area contributed by atoms with E-state index in [1.165, 1.54) is 62.5 Å². The van der Waals surface area contributed by atoms with Crippen LogP contribution in [0.2, 0.25) is 0 Å².